The van der Waals surface area contributed by atoms with Crippen molar-refractivity contribution in [1.29, 1.82) is 0 Å². The van der Waals surface area contributed by atoms with Gasteiger partial charge in [-0.05, 0) is 11.6 Å². The lowest BCUT2D eigenvalue weighted by atomic mass is 10.0. The number of carboxylic acids is 1. The number of H-pyrrole nitrogens is 1. The average Bonchev–Trinajstić information content (AvgIpc) is 2.61. The van der Waals surface area contributed by atoms with E-state index in [4.69, 9.17) is 10.8 Å². The molecular formula is C10H9N3O3. The van der Waals surface area contributed by atoms with Gasteiger partial charge < -0.3 is 10.8 Å². The molecule has 0 radical (unpaired) electrons. The highest BCUT2D eigenvalue weighted by atomic mass is 16.4. The molecule has 0 aliphatic heterocycles. The van der Waals surface area contributed by atoms with Gasteiger partial charge in [-0.3, -0.25) is 14.7 Å². The summed E-state index contributed by atoms with van der Waals surface area (Å²) in [5.74, 6) is -1.65. The summed E-state index contributed by atoms with van der Waals surface area (Å²) in [5.41, 5.74) is 6.36. The van der Waals surface area contributed by atoms with Crippen molar-refractivity contribution in [3.63, 3.8) is 0 Å². The van der Waals surface area contributed by atoms with Crippen molar-refractivity contribution in [2.24, 2.45) is 5.73 Å². The lowest BCUT2D eigenvalue weighted by molar-refractivity contribution is -0.136. The first-order chi connectivity index (χ1) is 7.59. The van der Waals surface area contributed by atoms with Crippen LogP contribution in [0, 0.1) is 0 Å². The number of amides is 1. The van der Waals surface area contributed by atoms with Gasteiger partial charge >= 0.3 is 5.97 Å². The second-order valence-electron chi connectivity index (χ2n) is 3.35. The number of carboxylic acid groups (broad SMARTS) is 1. The molecule has 6 heteroatoms. The molecule has 0 spiro atoms. The third-order valence-electron chi connectivity index (χ3n) is 2.25. The second-order valence-corrected chi connectivity index (χ2v) is 3.35. The Kier molecular flexibility index (Phi) is 2.32. The molecule has 1 aromatic heterocycles. The Bertz CT molecular complexity index is 574. The van der Waals surface area contributed by atoms with Crippen molar-refractivity contribution in [3.05, 3.63) is 29.5 Å². The van der Waals surface area contributed by atoms with Gasteiger partial charge in [0, 0.05) is 5.39 Å². The normalized spacial score (nSPS) is 10.5. The number of aromatic amines is 1. The highest BCUT2D eigenvalue weighted by molar-refractivity contribution is 6.05. The zero-order valence-corrected chi connectivity index (χ0v) is 8.23. The molecule has 0 saturated carbocycles. The van der Waals surface area contributed by atoms with Crippen LogP contribution in [0.4, 0.5) is 0 Å². The van der Waals surface area contributed by atoms with Crippen molar-refractivity contribution in [2.75, 3.05) is 0 Å². The van der Waals surface area contributed by atoms with E-state index in [1.165, 1.54) is 0 Å². The van der Waals surface area contributed by atoms with Crippen LogP contribution >= 0.6 is 0 Å². The van der Waals surface area contributed by atoms with Gasteiger partial charge in [0.1, 0.15) is 0 Å². The van der Waals surface area contributed by atoms with Crippen LogP contribution in [0.2, 0.25) is 0 Å². The smallest absolute Gasteiger partial charge is 0.307 e. The van der Waals surface area contributed by atoms with Crippen molar-refractivity contribution >= 4 is 22.8 Å². The number of hydrogen-bond acceptors (Lipinski definition) is 3. The summed E-state index contributed by atoms with van der Waals surface area (Å²) in [7, 11) is 0. The van der Waals surface area contributed by atoms with Gasteiger partial charge in [-0.15, -0.1) is 0 Å². The maximum absolute atomic E-state index is 11.1. The fourth-order valence-corrected chi connectivity index (χ4v) is 1.63. The Balaban J connectivity index is 2.68. The van der Waals surface area contributed by atoms with Gasteiger partial charge in [-0.25, -0.2) is 0 Å². The molecule has 0 unspecified atom stereocenters. The molecule has 2 rings (SSSR count). The number of benzene rings is 1. The van der Waals surface area contributed by atoms with Crippen molar-refractivity contribution < 1.29 is 14.7 Å². The minimum atomic E-state index is -0.968. The van der Waals surface area contributed by atoms with Gasteiger partial charge in [-0.2, -0.15) is 5.10 Å². The van der Waals surface area contributed by atoms with Crippen LogP contribution in [0.3, 0.4) is 0 Å². The first-order valence-electron chi connectivity index (χ1n) is 4.57. The summed E-state index contributed by atoms with van der Waals surface area (Å²) in [6, 6.07) is 5.04. The number of carbonyl (C=O) groups is 2. The molecule has 4 N–H and O–H groups in total. The standard InChI is InChI=1S/C10H9N3O3/c11-10(16)9-8-5(4-7(14)15)2-1-3-6(8)12-13-9/h1-3H,4H2,(H2,11,16)(H,12,13)(H,14,15). The van der Waals surface area contributed by atoms with E-state index in [2.05, 4.69) is 10.2 Å². The number of carbonyl (C=O) groups excluding carboxylic acids is 1. The molecule has 6 nitrogen and oxygen atoms in total. The van der Waals surface area contributed by atoms with Crippen LogP contribution in [0.1, 0.15) is 16.1 Å². The number of nitrogens with one attached hydrogen (secondary N) is 1. The van der Waals surface area contributed by atoms with Gasteiger partial charge in [0.05, 0.1) is 11.9 Å². The van der Waals surface area contributed by atoms with E-state index in [1.54, 1.807) is 18.2 Å². The predicted octanol–water partition coefficient (Wildman–Crippen LogP) is 0.289. The fraction of sp³-hybridized carbons (Fsp3) is 0.100. The molecule has 1 heterocycles. The molecule has 1 amide bonds. The van der Waals surface area contributed by atoms with Crippen LogP contribution < -0.4 is 5.73 Å². The van der Waals surface area contributed by atoms with E-state index in [9.17, 15) is 9.59 Å². The molecule has 1 aromatic carbocycles. The van der Waals surface area contributed by atoms with Crippen molar-refractivity contribution in [2.45, 2.75) is 6.42 Å². The van der Waals surface area contributed by atoms with Crippen LogP contribution in [0.5, 0.6) is 0 Å². The number of aliphatic carboxylic acids is 1. The first-order valence-corrected chi connectivity index (χ1v) is 4.57. The van der Waals surface area contributed by atoms with Gasteiger partial charge in [0.25, 0.3) is 5.91 Å². The third kappa shape index (κ3) is 1.60. The monoisotopic (exact) mass is 219 g/mol. The summed E-state index contributed by atoms with van der Waals surface area (Å²) < 4.78 is 0. The number of rotatable bonds is 3. The molecule has 0 bridgehead atoms. The fourth-order valence-electron chi connectivity index (χ4n) is 1.63. The number of hydrogen-bond donors (Lipinski definition) is 3. The summed E-state index contributed by atoms with van der Waals surface area (Å²) >= 11 is 0. The lowest BCUT2D eigenvalue weighted by Crippen LogP contribution is -2.12. The van der Waals surface area contributed by atoms with Gasteiger partial charge in [-0.1, -0.05) is 12.1 Å². The van der Waals surface area contributed by atoms with Crippen molar-refractivity contribution in [1.82, 2.24) is 10.2 Å². The molecule has 0 aliphatic rings. The Labute approximate surface area is 90.1 Å². The predicted molar refractivity (Wildman–Crippen MR) is 56.0 cm³/mol. The highest BCUT2D eigenvalue weighted by Crippen LogP contribution is 2.20. The topological polar surface area (TPSA) is 109 Å². The summed E-state index contributed by atoms with van der Waals surface area (Å²) in [6.07, 6.45) is -0.169. The average molecular weight is 219 g/mol. The second kappa shape index (κ2) is 3.65. The first kappa shape index (κ1) is 10.2. The SMILES string of the molecule is NC(=O)c1n[nH]c2cccc(CC(=O)O)c12. The molecule has 0 atom stereocenters. The third-order valence-corrected chi connectivity index (χ3v) is 2.25. The van der Waals surface area contributed by atoms with E-state index < -0.39 is 11.9 Å². The van der Waals surface area contributed by atoms with Crippen LogP contribution in [0.15, 0.2) is 18.2 Å². The van der Waals surface area contributed by atoms with Gasteiger partial charge in [0.2, 0.25) is 0 Å². The number of nitrogens with two attached hydrogens (primary N) is 1. The number of fused-ring (bicyclic) bond motifs is 1. The Morgan fingerprint density at radius 1 is 1.44 bits per heavy atom. The summed E-state index contributed by atoms with van der Waals surface area (Å²) in [4.78, 5) is 21.8. The Hall–Kier alpha value is -2.37. The van der Waals surface area contributed by atoms with E-state index in [1.807, 2.05) is 0 Å². The van der Waals surface area contributed by atoms with Crippen LogP contribution in [0.25, 0.3) is 10.9 Å². The molecule has 2 aromatic rings. The zero-order chi connectivity index (χ0) is 11.7. The zero-order valence-electron chi connectivity index (χ0n) is 8.23. The van der Waals surface area contributed by atoms with Crippen LogP contribution in [-0.4, -0.2) is 27.2 Å². The maximum atomic E-state index is 11.1. The molecular weight excluding hydrogens is 210 g/mol. The molecule has 0 fully saturated rings. The highest BCUT2D eigenvalue weighted by Gasteiger charge is 2.15. The van der Waals surface area contributed by atoms with E-state index in [0.717, 1.165) is 0 Å². The number of primary amides is 1. The largest absolute Gasteiger partial charge is 0.481 e. The van der Waals surface area contributed by atoms with E-state index in [0.29, 0.717) is 16.5 Å². The Morgan fingerprint density at radius 2 is 2.19 bits per heavy atom. The molecule has 82 valence electrons. The molecule has 0 saturated heterocycles. The quantitative estimate of drug-likeness (QED) is 0.689. The Morgan fingerprint density at radius 3 is 2.81 bits per heavy atom. The van der Waals surface area contributed by atoms with Gasteiger partial charge in [0.15, 0.2) is 5.69 Å². The minimum absolute atomic E-state index is 0.0758. The lowest BCUT2D eigenvalue weighted by Gasteiger charge is -2.00. The maximum Gasteiger partial charge on any atom is 0.307 e. The summed E-state index contributed by atoms with van der Waals surface area (Å²) in [6.45, 7) is 0. The molecule has 0 aliphatic carbocycles. The molecule has 16 heavy (non-hydrogen) atoms. The number of aromatic nitrogens is 2. The van der Waals surface area contributed by atoms with E-state index in [-0.39, 0.29) is 12.1 Å². The van der Waals surface area contributed by atoms with Crippen LogP contribution in [-0.2, 0) is 11.2 Å². The minimum Gasteiger partial charge on any atom is -0.481 e. The van der Waals surface area contributed by atoms with Crippen molar-refractivity contribution in [3.8, 4) is 0 Å². The number of nitrogens with zero attached hydrogens (tertiary/aromatic N) is 1. The van der Waals surface area contributed by atoms with E-state index >= 15 is 0 Å². The summed E-state index contributed by atoms with van der Waals surface area (Å²) in [5, 5.41) is 15.6.